The SMILES string of the molecule is Cc1nc(OC(F)(F)F)c(O)cc1C(=O)O. The van der Waals surface area contributed by atoms with Crippen LogP contribution < -0.4 is 4.74 Å². The first kappa shape index (κ1) is 12.1. The van der Waals surface area contributed by atoms with Gasteiger partial charge in [0.15, 0.2) is 5.75 Å². The monoisotopic (exact) mass is 237 g/mol. The number of aryl methyl sites for hydroxylation is 1. The Morgan fingerprint density at radius 1 is 1.50 bits per heavy atom. The van der Waals surface area contributed by atoms with Crippen LogP contribution >= 0.6 is 0 Å². The van der Waals surface area contributed by atoms with E-state index in [1.54, 1.807) is 0 Å². The molecule has 1 aromatic heterocycles. The third-order valence-corrected chi connectivity index (χ3v) is 1.60. The molecule has 0 saturated carbocycles. The van der Waals surface area contributed by atoms with Gasteiger partial charge in [0.05, 0.1) is 11.3 Å². The van der Waals surface area contributed by atoms with Gasteiger partial charge in [0.25, 0.3) is 5.88 Å². The lowest BCUT2D eigenvalue weighted by molar-refractivity contribution is -0.276. The van der Waals surface area contributed by atoms with Crippen molar-refractivity contribution >= 4 is 5.97 Å². The maximum Gasteiger partial charge on any atom is 0.574 e. The maximum atomic E-state index is 11.8. The number of rotatable bonds is 2. The highest BCUT2D eigenvalue weighted by atomic mass is 19.4. The molecule has 1 aromatic rings. The molecular formula is C8H6F3NO4. The fourth-order valence-electron chi connectivity index (χ4n) is 0.974. The number of hydrogen-bond acceptors (Lipinski definition) is 4. The summed E-state index contributed by atoms with van der Waals surface area (Å²) in [4.78, 5) is 13.8. The fraction of sp³-hybridized carbons (Fsp3) is 0.250. The average molecular weight is 237 g/mol. The van der Waals surface area contributed by atoms with E-state index in [1.807, 2.05) is 0 Å². The van der Waals surface area contributed by atoms with Crippen molar-refractivity contribution in [2.24, 2.45) is 0 Å². The standard InChI is InChI=1S/C8H6F3NO4/c1-3-4(7(14)15)2-5(13)6(12-3)16-8(9,10)11/h2,13H,1H3,(H,14,15). The molecule has 0 spiro atoms. The van der Waals surface area contributed by atoms with Crippen molar-refractivity contribution in [1.82, 2.24) is 4.98 Å². The number of hydrogen-bond donors (Lipinski definition) is 2. The zero-order valence-electron chi connectivity index (χ0n) is 7.87. The molecule has 0 aliphatic rings. The molecule has 0 atom stereocenters. The molecule has 0 aliphatic carbocycles. The van der Waals surface area contributed by atoms with Gasteiger partial charge >= 0.3 is 12.3 Å². The van der Waals surface area contributed by atoms with Crippen molar-refractivity contribution in [3.63, 3.8) is 0 Å². The minimum Gasteiger partial charge on any atom is -0.503 e. The van der Waals surface area contributed by atoms with Crippen LogP contribution in [0.5, 0.6) is 11.6 Å². The van der Waals surface area contributed by atoms with E-state index in [-0.39, 0.29) is 5.69 Å². The summed E-state index contributed by atoms with van der Waals surface area (Å²) in [5.41, 5.74) is -0.587. The van der Waals surface area contributed by atoms with Crippen LogP contribution in [0.3, 0.4) is 0 Å². The molecule has 0 radical (unpaired) electrons. The molecule has 0 aromatic carbocycles. The van der Waals surface area contributed by atoms with Crippen LogP contribution in [0.25, 0.3) is 0 Å². The Morgan fingerprint density at radius 3 is 2.50 bits per heavy atom. The number of aromatic hydroxyl groups is 1. The molecule has 8 heteroatoms. The van der Waals surface area contributed by atoms with E-state index in [1.165, 1.54) is 6.92 Å². The summed E-state index contributed by atoms with van der Waals surface area (Å²) < 4.78 is 38.9. The highest BCUT2D eigenvalue weighted by Crippen LogP contribution is 2.30. The van der Waals surface area contributed by atoms with Crippen molar-refractivity contribution in [1.29, 1.82) is 0 Å². The summed E-state index contributed by atoms with van der Waals surface area (Å²) in [6.45, 7) is 1.19. The van der Waals surface area contributed by atoms with Crippen LogP contribution in [0, 0.1) is 6.92 Å². The molecule has 5 nitrogen and oxygen atoms in total. The van der Waals surface area contributed by atoms with Gasteiger partial charge in [-0.2, -0.15) is 0 Å². The first-order chi connectivity index (χ1) is 7.20. The molecule has 0 saturated heterocycles. The highest BCUT2D eigenvalue weighted by molar-refractivity contribution is 5.89. The van der Waals surface area contributed by atoms with Gasteiger partial charge in [-0.05, 0) is 6.92 Å². The van der Waals surface area contributed by atoms with Gasteiger partial charge in [0.1, 0.15) is 0 Å². The van der Waals surface area contributed by atoms with Crippen LogP contribution in [0.15, 0.2) is 6.07 Å². The molecular weight excluding hydrogens is 231 g/mol. The maximum absolute atomic E-state index is 11.8. The molecule has 0 fully saturated rings. The molecule has 0 aliphatic heterocycles. The summed E-state index contributed by atoms with van der Waals surface area (Å²) in [6, 6.07) is 0.645. The summed E-state index contributed by atoms with van der Waals surface area (Å²) in [7, 11) is 0. The van der Waals surface area contributed by atoms with E-state index in [2.05, 4.69) is 9.72 Å². The predicted octanol–water partition coefficient (Wildman–Crippen LogP) is 1.69. The van der Waals surface area contributed by atoms with E-state index in [9.17, 15) is 18.0 Å². The number of pyridine rings is 1. The lowest BCUT2D eigenvalue weighted by Crippen LogP contribution is -2.18. The van der Waals surface area contributed by atoms with Crippen molar-refractivity contribution in [2.45, 2.75) is 13.3 Å². The number of aromatic nitrogens is 1. The number of carboxylic acid groups (broad SMARTS) is 1. The second-order valence-corrected chi connectivity index (χ2v) is 2.80. The second kappa shape index (κ2) is 3.87. The number of nitrogens with zero attached hydrogens (tertiary/aromatic N) is 1. The predicted molar refractivity (Wildman–Crippen MR) is 44.3 cm³/mol. The topological polar surface area (TPSA) is 79.7 Å². The van der Waals surface area contributed by atoms with Gasteiger partial charge in [-0.25, -0.2) is 9.78 Å². The number of ether oxygens (including phenoxy) is 1. The van der Waals surface area contributed by atoms with Gasteiger partial charge in [0.2, 0.25) is 0 Å². The van der Waals surface area contributed by atoms with E-state index < -0.39 is 29.5 Å². The van der Waals surface area contributed by atoms with Crippen molar-refractivity contribution in [3.05, 3.63) is 17.3 Å². The molecule has 1 rings (SSSR count). The number of halogens is 3. The molecule has 88 valence electrons. The van der Waals surface area contributed by atoms with E-state index >= 15 is 0 Å². The summed E-state index contributed by atoms with van der Waals surface area (Å²) in [5.74, 6) is -3.46. The zero-order valence-corrected chi connectivity index (χ0v) is 7.87. The normalized spacial score (nSPS) is 11.2. The minimum absolute atomic E-state index is 0.190. The van der Waals surface area contributed by atoms with Crippen molar-refractivity contribution < 1.29 is 32.9 Å². The lowest BCUT2D eigenvalue weighted by Gasteiger charge is -2.10. The van der Waals surface area contributed by atoms with Crippen LogP contribution in [-0.4, -0.2) is 27.5 Å². The molecule has 0 amide bonds. The molecule has 16 heavy (non-hydrogen) atoms. The third-order valence-electron chi connectivity index (χ3n) is 1.60. The molecule has 1 heterocycles. The summed E-state index contributed by atoms with van der Waals surface area (Å²) in [6.07, 6.45) is -5.00. The Balaban J connectivity index is 3.16. The Morgan fingerprint density at radius 2 is 2.06 bits per heavy atom. The van der Waals surface area contributed by atoms with E-state index in [0.29, 0.717) is 6.07 Å². The summed E-state index contributed by atoms with van der Waals surface area (Å²) in [5, 5.41) is 17.7. The Labute approximate surface area is 87.1 Å². The second-order valence-electron chi connectivity index (χ2n) is 2.80. The lowest BCUT2D eigenvalue weighted by atomic mass is 10.2. The average Bonchev–Trinajstić information content (AvgIpc) is 2.07. The van der Waals surface area contributed by atoms with Crippen LogP contribution in [-0.2, 0) is 0 Å². The smallest absolute Gasteiger partial charge is 0.503 e. The van der Waals surface area contributed by atoms with Crippen LogP contribution in [0.1, 0.15) is 16.1 Å². The molecule has 0 bridgehead atoms. The first-order valence-electron chi connectivity index (χ1n) is 3.90. The van der Waals surface area contributed by atoms with Crippen LogP contribution in [0.2, 0.25) is 0 Å². The van der Waals surface area contributed by atoms with Crippen molar-refractivity contribution in [3.8, 4) is 11.6 Å². The largest absolute Gasteiger partial charge is 0.574 e. The Hall–Kier alpha value is -1.99. The van der Waals surface area contributed by atoms with Gasteiger partial charge in [-0.1, -0.05) is 0 Å². The number of carboxylic acids is 1. The fourth-order valence-corrected chi connectivity index (χ4v) is 0.974. The van der Waals surface area contributed by atoms with Gasteiger partial charge in [-0.3, -0.25) is 0 Å². The molecule has 2 N–H and O–H groups in total. The highest BCUT2D eigenvalue weighted by Gasteiger charge is 2.33. The quantitative estimate of drug-likeness (QED) is 0.818. The number of aromatic carboxylic acids is 1. The summed E-state index contributed by atoms with van der Waals surface area (Å²) >= 11 is 0. The van der Waals surface area contributed by atoms with Crippen LogP contribution in [0.4, 0.5) is 13.2 Å². The molecule has 0 unspecified atom stereocenters. The minimum atomic E-state index is -5.00. The third kappa shape index (κ3) is 2.75. The first-order valence-corrected chi connectivity index (χ1v) is 3.90. The van der Waals surface area contributed by atoms with Crippen molar-refractivity contribution in [2.75, 3.05) is 0 Å². The van der Waals surface area contributed by atoms with E-state index in [4.69, 9.17) is 10.2 Å². The van der Waals surface area contributed by atoms with E-state index in [0.717, 1.165) is 0 Å². The number of alkyl halides is 3. The number of carbonyl (C=O) groups is 1. The zero-order chi connectivity index (χ0) is 12.5. The van der Waals surface area contributed by atoms with Gasteiger partial charge in [0, 0.05) is 6.07 Å². The Kier molecular flexibility index (Phi) is 2.92. The Bertz CT molecular complexity index is 430. The van der Waals surface area contributed by atoms with Gasteiger partial charge in [-0.15, -0.1) is 13.2 Å². The van der Waals surface area contributed by atoms with Gasteiger partial charge < -0.3 is 14.9 Å².